The number of thioether (sulfide) groups is 1. The number of hydrogen-bond acceptors (Lipinski definition) is 4. The fourth-order valence-corrected chi connectivity index (χ4v) is 2.99. The summed E-state index contributed by atoms with van der Waals surface area (Å²) in [5.74, 6) is 0.450. The number of nitrogens with one attached hydrogen (secondary N) is 1. The molecule has 0 unspecified atom stereocenters. The topological polar surface area (TPSA) is 56.1 Å². The van der Waals surface area contributed by atoms with Crippen LogP contribution in [0.25, 0.3) is 5.69 Å². The summed E-state index contributed by atoms with van der Waals surface area (Å²) >= 11 is 1.28. The molecule has 5 nitrogen and oxygen atoms in total. The van der Waals surface area contributed by atoms with Crippen molar-refractivity contribution in [3.05, 3.63) is 66.7 Å². The standard InChI is InChI=1S/C18H16FN3O2S/c1-24-16-7-5-14(6-8-16)21-17(23)12-25-18-20-9-10-22(18)15-4-2-3-13(19)11-15/h2-11H,12H2,1H3,(H,21,23). The van der Waals surface area contributed by atoms with Crippen molar-refractivity contribution in [3.63, 3.8) is 0 Å². The van der Waals surface area contributed by atoms with E-state index in [9.17, 15) is 9.18 Å². The molecule has 128 valence electrons. The number of benzene rings is 2. The second kappa shape index (κ2) is 7.85. The molecule has 7 heteroatoms. The second-order valence-electron chi connectivity index (χ2n) is 5.13. The second-order valence-corrected chi connectivity index (χ2v) is 6.07. The fraction of sp³-hybridized carbons (Fsp3) is 0.111. The summed E-state index contributed by atoms with van der Waals surface area (Å²) in [6.45, 7) is 0. The van der Waals surface area contributed by atoms with Crippen LogP contribution in [-0.4, -0.2) is 28.3 Å². The molecule has 0 fully saturated rings. The summed E-state index contributed by atoms with van der Waals surface area (Å²) < 4.78 is 20.2. The summed E-state index contributed by atoms with van der Waals surface area (Å²) in [4.78, 5) is 16.3. The first kappa shape index (κ1) is 17.0. The van der Waals surface area contributed by atoms with Crippen molar-refractivity contribution in [3.8, 4) is 11.4 Å². The fourth-order valence-electron chi connectivity index (χ4n) is 2.22. The first-order chi connectivity index (χ1) is 12.2. The Bertz CT molecular complexity index is 865. The third kappa shape index (κ3) is 4.39. The van der Waals surface area contributed by atoms with Gasteiger partial charge in [-0.25, -0.2) is 9.37 Å². The molecule has 0 bridgehead atoms. The Morgan fingerprint density at radius 3 is 2.80 bits per heavy atom. The number of hydrogen-bond donors (Lipinski definition) is 1. The van der Waals surface area contributed by atoms with Crippen LogP contribution in [0.4, 0.5) is 10.1 Å². The van der Waals surface area contributed by atoms with Crippen LogP contribution in [0.1, 0.15) is 0 Å². The minimum Gasteiger partial charge on any atom is -0.497 e. The highest BCUT2D eigenvalue weighted by Crippen LogP contribution is 2.21. The molecule has 0 saturated heterocycles. The van der Waals surface area contributed by atoms with Gasteiger partial charge in [-0.15, -0.1) is 0 Å². The van der Waals surface area contributed by atoms with Crippen LogP contribution in [0.2, 0.25) is 0 Å². The summed E-state index contributed by atoms with van der Waals surface area (Å²) in [5.41, 5.74) is 1.36. The zero-order chi connectivity index (χ0) is 17.6. The van der Waals surface area contributed by atoms with E-state index in [1.54, 1.807) is 60.5 Å². The lowest BCUT2D eigenvalue weighted by atomic mass is 10.3. The molecule has 0 spiro atoms. The number of imidazole rings is 1. The van der Waals surface area contributed by atoms with Crippen LogP contribution in [0.15, 0.2) is 66.1 Å². The largest absolute Gasteiger partial charge is 0.497 e. The Hall–Kier alpha value is -2.80. The molecule has 25 heavy (non-hydrogen) atoms. The molecule has 0 aliphatic rings. The van der Waals surface area contributed by atoms with Crippen molar-refractivity contribution in [1.29, 1.82) is 0 Å². The molecule has 0 aliphatic heterocycles. The van der Waals surface area contributed by atoms with E-state index in [1.165, 1.54) is 23.9 Å². The first-order valence-electron chi connectivity index (χ1n) is 7.52. The van der Waals surface area contributed by atoms with Gasteiger partial charge in [-0.1, -0.05) is 17.8 Å². The van der Waals surface area contributed by atoms with Crippen LogP contribution in [0.3, 0.4) is 0 Å². The Balaban J connectivity index is 1.62. The van der Waals surface area contributed by atoms with Gasteiger partial charge in [0, 0.05) is 18.1 Å². The summed E-state index contributed by atoms with van der Waals surface area (Å²) in [6, 6.07) is 13.3. The molecule has 1 amide bonds. The van der Waals surface area contributed by atoms with Crippen LogP contribution in [0, 0.1) is 5.82 Å². The number of carbonyl (C=O) groups is 1. The predicted octanol–water partition coefficient (Wildman–Crippen LogP) is 3.75. The molecule has 0 saturated carbocycles. The van der Waals surface area contributed by atoms with E-state index in [2.05, 4.69) is 10.3 Å². The Morgan fingerprint density at radius 1 is 1.28 bits per heavy atom. The highest BCUT2D eigenvalue weighted by molar-refractivity contribution is 7.99. The zero-order valence-electron chi connectivity index (χ0n) is 13.5. The van der Waals surface area contributed by atoms with E-state index in [4.69, 9.17) is 4.74 Å². The average Bonchev–Trinajstić information content (AvgIpc) is 3.09. The Kier molecular flexibility index (Phi) is 5.35. The van der Waals surface area contributed by atoms with Gasteiger partial charge in [0.15, 0.2) is 5.16 Å². The van der Waals surface area contributed by atoms with E-state index in [0.29, 0.717) is 16.5 Å². The smallest absolute Gasteiger partial charge is 0.234 e. The first-order valence-corrected chi connectivity index (χ1v) is 8.50. The van der Waals surface area contributed by atoms with Gasteiger partial charge in [-0.2, -0.15) is 0 Å². The lowest BCUT2D eigenvalue weighted by Crippen LogP contribution is -2.14. The zero-order valence-corrected chi connectivity index (χ0v) is 14.3. The van der Waals surface area contributed by atoms with Crippen LogP contribution in [0.5, 0.6) is 5.75 Å². The maximum atomic E-state index is 13.4. The van der Waals surface area contributed by atoms with Gasteiger partial charge in [0.1, 0.15) is 11.6 Å². The normalized spacial score (nSPS) is 10.5. The number of halogens is 1. The summed E-state index contributed by atoms with van der Waals surface area (Å²) in [6.07, 6.45) is 3.35. The van der Waals surface area contributed by atoms with Crippen molar-refractivity contribution >= 4 is 23.4 Å². The Morgan fingerprint density at radius 2 is 2.08 bits per heavy atom. The molecule has 1 heterocycles. The van der Waals surface area contributed by atoms with Gasteiger partial charge in [0.25, 0.3) is 0 Å². The lowest BCUT2D eigenvalue weighted by Gasteiger charge is -2.08. The number of rotatable bonds is 6. The number of amides is 1. The summed E-state index contributed by atoms with van der Waals surface area (Å²) in [5, 5.41) is 3.43. The van der Waals surface area contributed by atoms with Crippen molar-refractivity contribution < 1.29 is 13.9 Å². The average molecular weight is 357 g/mol. The van der Waals surface area contributed by atoms with E-state index in [1.807, 2.05) is 0 Å². The SMILES string of the molecule is COc1ccc(NC(=O)CSc2nccn2-c2cccc(F)c2)cc1. The van der Waals surface area contributed by atoms with Crippen LogP contribution < -0.4 is 10.1 Å². The molecule has 2 aromatic carbocycles. The minimum absolute atomic E-state index is 0.149. The number of ether oxygens (including phenoxy) is 1. The predicted molar refractivity (Wildman–Crippen MR) is 95.9 cm³/mol. The number of carbonyl (C=O) groups excluding carboxylic acids is 1. The molecular weight excluding hydrogens is 341 g/mol. The third-order valence-corrected chi connectivity index (χ3v) is 4.37. The van der Waals surface area contributed by atoms with Gasteiger partial charge in [0.2, 0.25) is 5.91 Å². The molecule has 0 aliphatic carbocycles. The highest BCUT2D eigenvalue weighted by Gasteiger charge is 2.10. The van der Waals surface area contributed by atoms with Crippen LogP contribution in [-0.2, 0) is 4.79 Å². The van der Waals surface area contributed by atoms with Crippen molar-refractivity contribution in [2.45, 2.75) is 5.16 Å². The minimum atomic E-state index is -0.320. The molecular formula is C18H16FN3O2S. The van der Waals surface area contributed by atoms with Gasteiger partial charge in [0.05, 0.1) is 18.6 Å². The van der Waals surface area contributed by atoms with Gasteiger partial charge >= 0.3 is 0 Å². The number of anilines is 1. The van der Waals surface area contributed by atoms with Gasteiger partial charge < -0.3 is 10.1 Å². The summed E-state index contributed by atoms with van der Waals surface area (Å²) in [7, 11) is 1.59. The Labute approximate surface area is 148 Å². The molecule has 3 rings (SSSR count). The van der Waals surface area contributed by atoms with E-state index >= 15 is 0 Å². The van der Waals surface area contributed by atoms with E-state index in [-0.39, 0.29) is 17.5 Å². The van der Waals surface area contributed by atoms with Crippen LogP contribution >= 0.6 is 11.8 Å². The number of aromatic nitrogens is 2. The maximum Gasteiger partial charge on any atom is 0.234 e. The molecule has 1 aromatic heterocycles. The van der Waals surface area contributed by atoms with Crippen molar-refractivity contribution in [2.24, 2.45) is 0 Å². The maximum absolute atomic E-state index is 13.4. The molecule has 0 atom stereocenters. The monoisotopic (exact) mass is 357 g/mol. The van der Waals surface area contributed by atoms with Gasteiger partial charge in [-0.05, 0) is 42.5 Å². The molecule has 1 N–H and O–H groups in total. The van der Waals surface area contributed by atoms with Crippen molar-refractivity contribution in [2.75, 3.05) is 18.2 Å². The highest BCUT2D eigenvalue weighted by atomic mass is 32.2. The van der Waals surface area contributed by atoms with Crippen molar-refractivity contribution in [1.82, 2.24) is 9.55 Å². The lowest BCUT2D eigenvalue weighted by molar-refractivity contribution is -0.113. The molecule has 0 radical (unpaired) electrons. The van der Waals surface area contributed by atoms with E-state index in [0.717, 1.165) is 5.75 Å². The number of nitrogens with zero attached hydrogens (tertiary/aromatic N) is 2. The third-order valence-electron chi connectivity index (χ3n) is 3.40. The molecule has 3 aromatic rings. The van der Waals surface area contributed by atoms with Gasteiger partial charge in [-0.3, -0.25) is 9.36 Å². The number of methoxy groups -OCH3 is 1. The van der Waals surface area contributed by atoms with E-state index < -0.39 is 0 Å². The quantitative estimate of drug-likeness (QED) is 0.683.